The van der Waals surface area contributed by atoms with Crippen LogP contribution < -0.4 is 15.8 Å². The van der Waals surface area contributed by atoms with Crippen LogP contribution in [0.2, 0.25) is 5.02 Å². The second-order valence-electron chi connectivity index (χ2n) is 4.10. The lowest BCUT2D eigenvalue weighted by molar-refractivity contribution is 0.408. The number of nitrogens with one attached hydrogen (secondary N) is 1. The van der Waals surface area contributed by atoms with Crippen LogP contribution in [0.3, 0.4) is 0 Å². The van der Waals surface area contributed by atoms with Gasteiger partial charge in [-0.1, -0.05) is 11.6 Å². The fraction of sp³-hybridized carbons (Fsp3) is 0.538. The Kier molecular flexibility index (Phi) is 5.75. The second kappa shape index (κ2) is 6.84. The highest BCUT2D eigenvalue weighted by Crippen LogP contribution is 2.31. The normalized spacial score (nSPS) is 10.6. The van der Waals surface area contributed by atoms with Crippen molar-refractivity contribution >= 4 is 11.6 Å². The summed E-state index contributed by atoms with van der Waals surface area (Å²) in [4.78, 5) is 0. The van der Waals surface area contributed by atoms with Gasteiger partial charge < -0.3 is 15.8 Å². The minimum atomic E-state index is 0.658. The van der Waals surface area contributed by atoms with E-state index < -0.39 is 0 Å². The van der Waals surface area contributed by atoms with E-state index in [0.29, 0.717) is 6.54 Å². The number of ether oxygens (including phenoxy) is 1. The van der Waals surface area contributed by atoms with Gasteiger partial charge in [0.25, 0.3) is 0 Å². The third-order valence-electron chi connectivity index (χ3n) is 2.87. The summed E-state index contributed by atoms with van der Waals surface area (Å²) in [7, 11) is 1.69. The third-order valence-corrected chi connectivity index (χ3v) is 3.45. The highest BCUT2D eigenvalue weighted by Gasteiger charge is 2.11. The fourth-order valence-electron chi connectivity index (χ4n) is 1.89. The van der Waals surface area contributed by atoms with Crippen molar-refractivity contribution in [2.24, 2.45) is 5.73 Å². The average molecular weight is 257 g/mol. The molecule has 17 heavy (non-hydrogen) atoms. The maximum absolute atomic E-state index is 6.26. The topological polar surface area (TPSA) is 47.3 Å². The van der Waals surface area contributed by atoms with E-state index >= 15 is 0 Å². The zero-order chi connectivity index (χ0) is 12.8. The monoisotopic (exact) mass is 256 g/mol. The van der Waals surface area contributed by atoms with E-state index in [1.54, 1.807) is 7.11 Å². The molecule has 4 heteroatoms. The first-order valence-electron chi connectivity index (χ1n) is 5.85. The fourth-order valence-corrected chi connectivity index (χ4v) is 2.06. The third kappa shape index (κ3) is 3.60. The minimum Gasteiger partial charge on any atom is -0.496 e. The lowest BCUT2D eigenvalue weighted by atomic mass is 10.0. The van der Waals surface area contributed by atoms with E-state index in [0.717, 1.165) is 41.4 Å². The summed E-state index contributed by atoms with van der Waals surface area (Å²) in [6.07, 6.45) is 0.898. The summed E-state index contributed by atoms with van der Waals surface area (Å²) < 4.78 is 5.41. The molecule has 3 N–H and O–H groups in total. The lowest BCUT2D eigenvalue weighted by Gasteiger charge is -2.15. The van der Waals surface area contributed by atoms with Crippen LogP contribution in [0.1, 0.15) is 16.7 Å². The Balaban J connectivity index is 2.85. The van der Waals surface area contributed by atoms with Gasteiger partial charge in [-0.05, 0) is 49.6 Å². The van der Waals surface area contributed by atoms with Crippen molar-refractivity contribution in [1.82, 2.24) is 5.32 Å². The molecule has 0 aliphatic rings. The van der Waals surface area contributed by atoms with Crippen molar-refractivity contribution in [1.29, 1.82) is 0 Å². The molecule has 0 atom stereocenters. The first-order chi connectivity index (χ1) is 8.11. The number of hydrogen-bond acceptors (Lipinski definition) is 3. The van der Waals surface area contributed by atoms with Crippen LogP contribution in [-0.4, -0.2) is 26.7 Å². The summed E-state index contributed by atoms with van der Waals surface area (Å²) in [5, 5.41) is 4.11. The molecule has 3 nitrogen and oxygen atoms in total. The van der Waals surface area contributed by atoms with Crippen molar-refractivity contribution in [2.75, 3.05) is 26.7 Å². The second-order valence-corrected chi connectivity index (χ2v) is 4.48. The summed E-state index contributed by atoms with van der Waals surface area (Å²) in [6, 6.07) is 1.99. The van der Waals surface area contributed by atoms with Gasteiger partial charge in [0, 0.05) is 18.1 Å². The molecule has 0 fully saturated rings. The van der Waals surface area contributed by atoms with Crippen molar-refractivity contribution in [3.05, 3.63) is 27.8 Å². The number of hydrogen-bond donors (Lipinski definition) is 2. The van der Waals surface area contributed by atoms with E-state index in [4.69, 9.17) is 22.1 Å². The Morgan fingerprint density at radius 1 is 1.35 bits per heavy atom. The molecule has 1 aromatic rings. The number of halogens is 1. The van der Waals surface area contributed by atoms with Gasteiger partial charge in [0.1, 0.15) is 5.75 Å². The van der Waals surface area contributed by atoms with Gasteiger partial charge in [0.05, 0.1) is 7.11 Å². The van der Waals surface area contributed by atoms with Crippen molar-refractivity contribution in [2.45, 2.75) is 20.3 Å². The Bertz CT molecular complexity index is 380. The van der Waals surface area contributed by atoms with Crippen LogP contribution in [0.15, 0.2) is 6.07 Å². The predicted octanol–water partition coefficient (Wildman–Crippen LogP) is 2.06. The van der Waals surface area contributed by atoms with Gasteiger partial charge in [-0.25, -0.2) is 0 Å². The molecular formula is C13H21ClN2O. The minimum absolute atomic E-state index is 0.658. The largest absolute Gasteiger partial charge is 0.496 e. The van der Waals surface area contributed by atoms with Gasteiger partial charge in [0.2, 0.25) is 0 Å². The number of aryl methyl sites for hydroxylation is 1. The molecule has 1 aromatic carbocycles. The van der Waals surface area contributed by atoms with Gasteiger partial charge in [-0.3, -0.25) is 0 Å². The smallest absolute Gasteiger partial charge is 0.122 e. The predicted molar refractivity (Wildman–Crippen MR) is 73.1 cm³/mol. The SMILES string of the molecule is COc1cc(C)c(Cl)c(C)c1CCNCCN. The van der Waals surface area contributed by atoms with E-state index in [-0.39, 0.29) is 0 Å². The van der Waals surface area contributed by atoms with E-state index in [9.17, 15) is 0 Å². The van der Waals surface area contributed by atoms with Gasteiger partial charge >= 0.3 is 0 Å². The van der Waals surface area contributed by atoms with Crippen molar-refractivity contribution in [3.63, 3.8) is 0 Å². The Labute approximate surface area is 108 Å². The molecule has 0 radical (unpaired) electrons. The van der Waals surface area contributed by atoms with Crippen LogP contribution in [0.25, 0.3) is 0 Å². The molecular weight excluding hydrogens is 236 g/mol. The molecule has 0 bridgehead atoms. The zero-order valence-electron chi connectivity index (χ0n) is 10.8. The van der Waals surface area contributed by atoms with Gasteiger partial charge in [-0.15, -0.1) is 0 Å². The Hall–Kier alpha value is -0.770. The number of nitrogens with two attached hydrogens (primary N) is 1. The highest BCUT2D eigenvalue weighted by atomic mass is 35.5. The van der Waals surface area contributed by atoms with Gasteiger partial charge in [0.15, 0.2) is 0 Å². The average Bonchev–Trinajstić information content (AvgIpc) is 2.33. The number of methoxy groups -OCH3 is 1. The lowest BCUT2D eigenvalue weighted by Crippen LogP contribution is -2.24. The van der Waals surface area contributed by atoms with Crippen LogP contribution in [-0.2, 0) is 6.42 Å². The van der Waals surface area contributed by atoms with E-state index in [2.05, 4.69) is 5.32 Å². The summed E-state index contributed by atoms with van der Waals surface area (Å²) in [5.74, 6) is 0.916. The molecule has 96 valence electrons. The Morgan fingerprint density at radius 3 is 2.65 bits per heavy atom. The molecule has 1 rings (SSSR count). The molecule has 0 amide bonds. The summed E-state index contributed by atoms with van der Waals surface area (Å²) >= 11 is 6.26. The standard InChI is InChI=1S/C13H21ClN2O/c1-9-8-12(17-3)11(10(2)13(9)14)4-6-16-7-5-15/h8,16H,4-7,15H2,1-3H3. The molecule has 0 saturated carbocycles. The molecule has 0 unspecified atom stereocenters. The molecule has 0 aliphatic heterocycles. The van der Waals surface area contributed by atoms with E-state index in [1.807, 2.05) is 19.9 Å². The molecule has 0 spiro atoms. The molecule has 0 aliphatic carbocycles. The van der Waals surface area contributed by atoms with Crippen molar-refractivity contribution < 1.29 is 4.74 Å². The van der Waals surface area contributed by atoms with Gasteiger partial charge in [-0.2, -0.15) is 0 Å². The van der Waals surface area contributed by atoms with E-state index in [1.165, 1.54) is 5.56 Å². The Morgan fingerprint density at radius 2 is 2.06 bits per heavy atom. The molecule has 0 heterocycles. The number of rotatable bonds is 6. The highest BCUT2D eigenvalue weighted by molar-refractivity contribution is 6.32. The summed E-state index contributed by atoms with van der Waals surface area (Å²) in [5.41, 5.74) is 8.77. The van der Waals surface area contributed by atoms with Crippen LogP contribution in [0, 0.1) is 13.8 Å². The number of benzene rings is 1. The molecule has 0 saturated heterocycles. The van der Waals surface area contributed by atoms with Crippen LogP contribution >= 0.6 is 11.6 Å². The maximum atomic E-state index is 6.26. The van der Waals surface area contributed by atoms with Crippen molar-refractivity contribution in [3.8, 4) is 5.75 Å². The maximum Gasteiger partial charge on any atom is 0.122 e. The van der Waals surface area contributed by atoms with Crippen LogP contribution in [0.4, 0.5) is 0 Å². The first-order valence-corrected chi connectivity index (χ1v) is 6.23. The quantitative estimate of drug-likeness (QED) is 0.766. The first kappa shape index (κ1) is 14.3. The summed E-state index contributed by atoms with van der Waals surface area (Å²) in [6.45, 7) is 6.41. The van der Waals surface area contributed by atoms with Crippen LogP contribution in [0.5, 0.6) is 5.75 Å². The molecule has 0 aromatic heterocycles. The zero-order valence-corrected chi connectivity index (χ0v) is 11.5.